The van der Waals surface area contributed by atoms with Crippen molar-refractivity contribution in [2.24, 2.45) is 67.2 Å². The number of hydrogen-bond acceptors (Lipinski definition) is 24. The maximum absolute atomic E-state index is 11.3. The summed E-state index contributed by atoms with van der Waals surface area (Å²) in [7, 11) is 0. The van der Waals surface area contributed by atoms with Gasteiger partial charge in [-0.2, -0.15) is 56.7 Å². The minimum absolute atomic E-state index is 0.0799. The minimum atomic E-state index is -4.00. The van der Waals surface area contributed by atoms with E-state index in [1.807, 2.05) is 210 Å². The first-order chi connectivity index (χ1) is 49.1. The van der Waals surface area contributed by atoms with Crippen LogP contribution in [0.25, 0.3) is 0 Å². The van der Waals surface area contributed by atoms with Crippen LogP contribution in [0.2, 0.25) is 0 Å². The Hall–Kier alpha value is -12.2. The molecule has 9 rings (SSSR count). The molecule has 3 heterocycles. The van der Waals surface area contributed by atoms with Crippen LogP contribution in [0.3, 0.4) is 0 Å². The molecule has 0 fully saturated rings. The number of amidine groups is 3. The molecule has 104 heavy (non-hydrogen) atoms. The standard InChI is InChI=1S/3C9H9N3O.3C6H8N2.3C5H9NO3.2C2H3F3.2C2H6/c3*10-8-6-9(13)12(11-8)7-4-2-1-3-5-7;3*7-8-6-4-2-1-3-5-6;3*1-2-9-5(8)3-4(6)7;2*1-2(3,4)5;2*1-2/h3*1-5H,6H2,(H2,10,11);3*1-5,8H,7H2;3*2-3H2,1H3,(H2,6,7);2*1H3;2*1-2H3. The normalized spacial score (nSPS) is 11.5. The zero-order valence-electron chi connectivity index (χ0n) is 59.2. The summed E-state index contributed by atoms with van der Waals surface area (Å²) in [5, 5.41) is 15.7. The number of hydrogen-bond donors (Lipinski definition) is 12. The quantitative estimate of drug-likeness (QED) is 0.0114. The molecule has 30 nitrogen and oxygen atoms in total. The lowest BCUT2D eigenvalue weighted by Crippen LogP contribution is -2.19. The first kappa shape index (κ1) is 98.2. The molecule has 0 spiro atoms. The fourth-order valence-corrected chi connectivity index (χ4v) is 6.33. The Morgan fingerprint density at radius 2 is 0.538 bits per heavy atom. The predicted octanol–water partition coefficient (Wildman–Crippen LogP) is 8.47. The van der Waals surface area contributed by atoms with Gasteiger partial charge in [0.2, 0.25) is 17.7 Å². The van der Waals surface area contributed by atoms with Crippen LogP contribution in [-0.2, 0) is 57.4 Å². The van der Waals surface area contributed by atoms with Crippen molar-refractivity contribution in [2.45, 2.75) is 113 Å². The molecule has 0 saturated heterocycles. The Labute approximate surface area is 600 Å². The van der Waals surface area contributed by atoms with Gasteiger partial charge >= 0.3 is 30.3 Å². The molecular formula is C68H96F6N18O12. The summed E-state index contributed by atoms with van der Waals surface area (Å²) >= 11 is 0. The van der Waals surface area contributed by atoms with E-state index < -0.39 is 48.0 Å². The Kier molecular flexibility index (Phi) is 56.3. The zero-order valence-corrected chi connectivity index (χ0v) is 59.2. The number of benzene rings is 6. The van der Waals surface area contributed by atoms with Crippen LogP contribution in [-0.4, -0.2) is 103 Å². The van der Waals surface area contributed by atoms with Crippen molar-refractivity contribution in [3.05, 3.63) is 182 Å². The number of nitrogens with zero attached hydrogens (tertiary/aromatic N) is 6. The van der Waals surface area contributed by atoms with Gasteiger partial charge in [0.15, 0.2) is 0 Å². The number of primary amides is 3. The first-order valence-corrected chi connectivity index (χ1v) is 31.2. The number of anilines is 6. The summed E-state index contributed by atoms with van der Waals surface area (Å²) in [4.78, 5) is 95.0. The Balaban J connectivity index is -0.000000532. The van der Waals surface area contributed by atoms with Crippen LogP contribution in [0.15, 0.2) is 197 Å². The van der Waals surface area contributed by atoms with Crippen LogP contribution >= 0.6 is 0 Å². The lowest BCUT2D eigenvalue weighted by molar-refractivity contribution is -0.146. The van der Waals surface area contributed by atoms with E-state index in [1.54, 1.807) is 20.8 Å². The van der Waals surface area contributed by atoms with Gasteiger partial charge in [-0.25, -0.2) is 0 Å². The lowest BCUT2D eigenvalue weighted by atomic mass is 10.3. The third kappa shape index (κ3) is 57.7. The van der Waals surface area contributed by atoms with E-state index in [4.69, 9.17) is 34.7 Å². The molecule has 0 unspecified atom stereocenters. The monoisotopic (exact) mass is 1470 g/mol. The molecule has 36 heteroatoms. The van der Waals surface area contributed by atoms with Crippen molar-refractivity contribution in [1.82, 2.24) is 0 Å². The molecule has 0 aliphatic carbocycles. The molecule has 0 aromatic heterocycles. The Morgan fingerprint density at radius 3 is 0.654 bits per heavy atom. The third-order valence-electron chi connectivity index (χ3n) is 10.1. The fraction of sp³-hybridized carbons (Fsp3) is 0.294. The van der Waals surface area contributed by atoms with Gasteiger partial charge in [0.1, 0.15) is 36.8 Å². The highest BCUT2D eigenvalue weighted by Gasteiger charge is 2.25. The van der Waals surface area contributed by atoms with Crippen LogP contribution < -0.4 is 83.2 Å². The van der Waals surface area contributed by atoms with Crippen molar-refractivity contribution in [3.63, 3.8) is 0 Å². The van der Waals surface area contributed by atoms with E-state index in [-0.39, 0.29) is 89.9 Å². The van der Waals surface area contributed by atoms with Gasteiger partial charge in [-0.1, -0.05) is 137 Å². The maximum Gasteiger partial charge on any atom is 0.386 e. The number of ether oxygens (including phenoxy) is 3. The van der Waals surface area contributed by atoms with Gasteiger partial charge in [0.05, 0.1) is 56.1 Å². The molecule has 21 N–H and O–H groups in total. The topological polar surface area (TPSA) is 498 Å². The van der Waals surface area contributed by atoms with Crippen LogP contribution in [0.1, 0.15) is 101 Å². The summed E-state index contributed by atoms with van der Waals surface area (Å²) in [6.07, 6.45) is -8.33. The van der Waals surface area contributed by atoms with Crippen molar-refractivity contribution in [1.29, 1.82) is 0 Å². The second-order valence-corrected chi connectivity index (χ2v) is 18.9. The number of carbonyl (C=O) groups is 9. The summed E-state index contributed by atoms with van der Waals surface area (Å²) in [5.74, 6) is 12.5. The number of esters is 3. The average molecular weight is 1470 g/mol. The van der Waals surface area contributed by atoms with E-state index in [9.17, 15) is 69.5 Å². The number of carbonyl (C=O) groups excluding carboxylic acids is 9. The molecule has 0 bridgehead atoms. The van der Waals surface area contributed by atoms with Gasteiger partial charge in [0, 0.05) is 30.9 Å². The van der Waals surface area contributed by atoms with Crippen LogP contribution in [0.4, 0.5) is 60.5 Å². The molecule has 3 aliphatic rings. The van der Waals surface area contributed by atoms with E-state index in [2.05, 4.69) is 63.0 Å². The Morgan fingerprint density at radius 1 is 0.375 bits per heavy atom. The summed E-state index contributed by atoms with van der Waals surface area (Å²) in [5.41, 5.74) is 43.0. The van der Waals surface area contributed by atoms with Gasteiger partial charge in [0.25, 0.3) is 17.7 Å². The zero-order chi connectivity index (χ0) is 80.1. The number of alkyl halides is 6. The predicted molar refractivity (Wildman–Crippen MR) is 391 cm³/mol. The first-order valence-electron chi connectivity index (χ1n) is 31.2. The number of hydrazine groups is 3. The molecule has 6 aromatic rings. The number of nitrogens with two attached hydrogens (primary N) is 9. The SMILES string of the molecule is CC.CC.CC(F)(F)F.CC(F)(F)F.CCOC(=O)CC(N)=O.CCOC(=O)CC(N)=O.CCOC(=O)CC(N)=O.NC1=NN(c2ccccc2)C(=O)C1.NC1=NN(c2ccccc2)C(=O)C1.NC1=NN(c2ccccc2)C(=O)C1.NNc1ccccc1.NNc1ccccc1.NNc1ccccc1. The number of nitrogen functional groups attached to an aromatic ring is 3. The largest absolute Gasteiger partial charge is 0.466 e. The Bertz CT molecular complexity index is 3080. The van der Waals surface area contributed by atoms with Crippen LogP contribution in [0.5, 0.6) is 0 Å². The molecule has 0 radical (unpaired) electrons. The summed E-state index contributed by atoms with van der Waals surface area (Å²) < 4.78 is 75.4. The second-order valence-electron chi connectivity index (χ2n) is 18.9. The summed E-state index contributed by atoms with van der Waals surface area (Å²) in [6.45, 7) is 14.2. The highest BCUT2D eigenvalue weighted by atomic mass is 19.4. The van der Waals surface area contributed by atoms with Crippen molar-refractivity contribution >= 4 is 105 Å². The number of para-hydroxylation sites is 6. The fourth-order valence-electron chi connectivity index (χ4n) is 6.33. The number of nitrogens with one attached hydrogen (secondary N) is 3. The van der Waals surface area contributed by atoms with Gasteiger partial charge < -0.3 is 64.9 Å². The van der Waals surface area contributed by atoms with Gasteiger partial charge in [-0.3, -0.25) is 60.7 Å². The molecule has 0 atom stereocenters. The van der Waals surface area contributed by atoms with Gasteiger partial charge in [-0.05, 0) is 93.6 Å². The van der Waals surface area contributed by atoms with E-state index in [1.165, 1.54) is 15.0 Å². The van der Waals surface area contributed by atoms with Crippen molar-refractivity contribution < 1.29 is 83.7 Å². The summed E-state index contributed by atoms with van der Waals surface area (Å²) in [6, 6.07) is 56.5. The second kappa shape index (κ2) is 59.7. The average Bonchev–Trinajstić information content (AvgIpc) is 1.69. The van der Waals surface area contributed by atoms with E-state index in [0.29, 0.717) is 17.5 Å². The van der Waals surface area contributed by atoms with E-state index in [0.717, 1.165) is 34.1 Å². The highest BCUT2D eigenvalue weighted by Crippen LogP contribution is 2.21. The molecule has 6 amide bonds. The number of rotatable bonds is 15. The molecule has 6 aromatic carbocycles. The molecule has 3 aliphatic heterocycles. The number of amides is 6. The van der Waals surface area contributed by atoms with Crippen LogP contribution in [0, 0.1) is 0 Å². The highest BCUT2D eigenvalue weighted by molar-refractivity contribution is 6.13. The minimum Gasteiger partial charge on any atom is -0.466 e. The van der Waals surface area contributed by atoms with E-state index >= 15 is 0 Å². The maximum atomic E-state index is 11.3. The van der Waals surface area contributed by atoms with Crippen molar-refractivity contribution in [3.8, 4) is 0 Å². The number of hydrazone groups is 3. The van der Waals surface area contributed by atoms with Crippen molar-refractivity contribution in [2.75, 3.05) is 51.1 Å². The molecular weight excluding hydrogens is 1370 g/mol. The molecule has 572 valence electrons. The third-order valence-corrected chi connectivity index (χ3v) is 10.1. The number of halogens is 6. The smallest absolute Gasteiger partial charge is 0.386 e. The molecule has 0 saturated carbocycles. The van der Waals surface area contributed by atoms with Gasteiger partial charge in [-0.15, -0.1) is 0 Å². The lowest BCUT2D eigenvalue weighted by Gasteiger charge is -2.10.